The van der Waals surface area contributed by atoms with E-state index in [1.807, 2.05) is 19.1 Å². The molecule has 0 spiro atoms. The van der Waals surface area contributed by atoms with Crippen molar-refractivity contribution in [1.82, 2.24) is 14.8 Å². The van der Waals surface area contributed by atoms with Crippen molar-refractivity contribution in [1.29, 1.82) is 0 Å². The van der Waals surface area contributed by atoms with E-state index in [0.29, 0.717) is 45.0 Å². The van der Waals surface area contributed by atoms with Crippen LogP contribution >= 0.6 is 11.6 Å². The second-order valence-electron chi connectivity index (χ2n) is 6.61. The number of halogens is 1. The highest BCUT2D eigenvalue weighted by Gasteiger charge is 2.36. The lowest BCUT2D eigenvalue weighted by atomic mass is 9.94. The van der Waals surface area contributed by atoms with Gasteiger partial charge in [-0.2, -0.15) is 10.1 Å². The Morgan fingerprint density at radius 3 is 2.70 bits per heavy atom. The Balaban J connectivity index is 1.84. The van der Waals surface area contributed by atoms with E-state index >= 15 is 0 Å². The standard InChI is InChI=1S/C21H20ClN5O3/c1-12-17(20(28)26-15-9-5-4-8-14(15)22)18(27-21(25-12)23-11-24-27)13-7-6-10-16(29-2)19(13)30-3/h4-11,18H,1-3H3,(H,26,28)(H,23,24,25)/t18-/m1/s1. The lowest BCUT2D eigenvalue weighted by Gasteiger charge is -2.30. The maximum atomic E-state index is 13.4. The van der Waals surface area contributed by atoms with Crippen LogP contribution in [-0.2, 0) is 4.79 Å². The number of nitrogens with zero attached hydrogens (tertiary/aromatic N) is 3. The highest BCUT2D eigenvalue weighted by Crippen LogP contribution is 2.42. The van der Waals surface area contributed by atoms with Crippen molar-refractivity contribution in [2.24, 2.45) is 0 Å². The van der Waals surface area contributed by atoms with Gasteiger partial charge in [-0.3, -0.25) is 4.79 Å². The Labute approximate surface area is 178 Å². The number of aromatic nitrogens is 3. The van der Waals surface area contributed by atoms with E-state index in [-0.39, 0.29) is 5.91 Å². The highest BCUT2D eigenvalue weighted by molar-refractivity contribution is 6.33. The predicted octanol–water partition coefficient (Wildman–Crippen LogP) is 3.88. The minimum absolute atomic E-state index is 0.316. The number of methoxy groups -OCH3 is 2. The first kappa shape index (κ1) is 19.8. The van der Waals surface area contributed by atoms with E-state index in [0.717, 1.165) is 0 Å². The van der Waals surface area contributed by atoms with Gasteiger partial charge in [0.15, 0.2) is 11.5 Å². The molecule has 2 heterocycles. The fraction of sp³-hybridized carbons (Fsp3) is 0.190. The number of hydrogen-bond donors (Lipinski definition) is 2. The van der Waals surface area contributed by atoms with Crippen molar-refractivity contribution >= 4 is 29.1 Å². The molecule has 2 N–H and O–H groups in total. The van der Waals surface area contributed by atoms with Gasteiger partial charge in [-0.15, -0.1) is 0 Å². The molecule has 0 unspecified atom stereocenters. The van der Waals surface area contributed by atoms with Crippen LogP contribution in [0.15, 0.2) is 60.1 Å². The summed E-state index contributed by atoms with van der Waals surface area (Å²) in [4.78, 5) is 17.7. The van der Waals surface area contributed by atoms with E-state index in [2.05, 4.69) is 20.7 Å². The van der Waals surface area contributed by atoms with Crippen molar-refractivity contribution in [2.75, 3.05) is 24.9 Å². The van der Waals surface area contributed by atoms with Crippen LogP contribution in [0.2, 0.25) is 5.02 Å². The van der Waals surface area contributed by atoms with Crippen molar-refractivity contribution < 1.29 is 14.3 Å². The lowest BCUT2D eigenvalue weighted by molar-refractivity contribution is -0.113. The summed E-state index contributed by atoms with van der Waals surface area (Å²) in [5.41, 5.74) is 2.34. The normalized spacial score (nSPS) is 15.3. The second-order valence-corrected chi connectivity index (χ2v) is 7.02. The summed E-state index contributed by atoms with van der Waals surface area (Å²) in [6, 6.07) is 12.0. The van der Waals surface area contributed by atoms with Crippen LogP contribution in [0.4, 0.5) is 11.6 Å². The summed E-state index contributed by atoms with van der Waals surface area (Å²) in [6.07, 6.45) is 1.43. The summed E-state index contributed by atoms with van der Waals surface area (Å²) in [7, 11) is 3.13. The maximum absolute atomic E-state index is 13.4. The van der Waals surface area contributed by atoms with Crippen molar-refractivity contribution in [3.8, 4) is 11.5 Å². The third-order valence-electron chi connectivity index (χ3n) is 4.89. The van der Waals surface area contributed by atoms with Crippen LogP contribution < -0.4 is 20.1 Å². The molecule has 1 amide bonds. The number of fused-ring (bicyclic) bond motifs is 1. The molecule has 1 aromatic heterocycles. The minimum Gasteiger partial charge on any atom is -0.493 e. The molecule has 8 nitrogen and oxygen atoms in total. The van der Waals surface area contributed by atoms with Crippen molar-refractivity contribution in [3.05, 3.63) is 70.6 Å². The second kappa shape index (κ2) is 8.08. The molecule has 0 saturated heterocycles. The molecule has 30 heavy (non-hydrogen) atoms. The number of rotatable bonds is 5. The van der Waals surface area contributed by atoms with Gasteiger partial charge in [-0.05, 0) is 25.1 Å². The highest BCUT2D eigenvalue weighted by atomic mass is 35.5. The SMILES string of the molecule is COc1cccc([C@@H]2C(C(=O)Nc3ccccc3Cl)=C(C)Nc3ncnn32)c1OC. The number of nitrogens with one attached hydrogen (secondary N) is 2. The Hall–Kier alpha value is -3.52. The topological polar surface area (TPSA) is 90.3 Å². The van der Waals surface area contributed by atoms with E-state index in [1.54, 1.807) is 49.2 Å². The zero-order chi connectivity index (χ0) is 21.3. The zero-order valence-electron chi connectivity index (χ0n) is 16.6. The monoisotopic (exact) mass is 425 g/mol. The van der Waals surface area contributed by atoms with E-state index in [9.17, 15) is 4.79 Å². The van der Waals surface area contributed by atoms with Gasteiger partial charge in [0.1, 0.15) is 12.4 Å². The van der Waals surface area contributed by atoms with Crippen molar-refractivity contribution in [3.63, 3.8) is 0 Å². The first-order valence-electron chi connectivity index (χ1n) is 9.19. The Morgan fingerprint density at radius 2 is 1.97 bits per heavy atom. The largest absolute Gasteiger partial charge is 0.493 e. The minimum atomic E-state index is -0.587. The average molecular weight is 426 g/mol. The van der Waals surface area contributed by atoms with Gasteiger partial charge in [0.05, 0.1) is 30.5 Å². The van der Waals surface area contributed by atoms with Gasteiger partial charge in [-0.1, -0.05) is 35.9 Å². The summed E-state index contributed by atoms with van der Waals surface area (Å²) in [5, 5.41) is 10.8. The first-order chi connectivity index (χ1) is 14.5. The lowest BCUT2D eigenvalue weighted by Crippen LogP contribution is -2.31. The number of para-hydroxylation sites is 2. The number of ether oxygens (including phenoxy) is 2. The van der Waals surface area contributed by atoms with Crippen LogP contribution in [0, 0.1) is 0 Å². The van der Waals surface area contributed by atoms with E-state index < -0.39 is 6.04 Å². The third kappa shape index (κ3) is 3.35. The quantitative estimate of drug-likeness (QED) is 0.644. The zero-order valence-corrected chi connectivity index (χ0v) is 17.4. The molecular weight excluding hydrogens is 406 g/mol. The van der Waals surface area contributed by atoms with E-state index in [4.69, 9.17) is 21.1 Å². The molecule has 0 saturated carbocycles. The molecule has 0 fully saturated rings. The molecule has 1 aliphatic heterocycles. The van der Waals surface area contributed by atoms with Crippen LogP contribution in [0.3, 0.4) is 0 Å². The van der Waals surface area contributed by atoms with Gasteiger partial charge in [0.2, 0.25) is 5.95 Å². The molecule has 4 rings (SSSR count). The number of carbonyl (C=O) groups excluding carboxylic acids is 1. The number of carbonyl (C=O) groups is 1. The summed E-state index contributed by atoms with van der Waals surface area (Å²) < 4.78 is 12.7. The van der Waals surface area contributed by atoms with Crippen LogP contribution in [0.25, 0.3) is 0 Å². The molecule has 9 heteroatoms. The molecule has 1 aliphatic rings. The molecular formula is C21H20ClN5O3. The van der Waals surface area contributed by atoms with Gasteiger partial charge in [-0.25, -0.2) is 4.68 Å². The van der Waals surface area contributed by atoms with Crippen LogP contribution in [-0.4, -0.2) is 34.9 Å². The smallest absolute Gasteiger partial charge is 0.255 e. The number of benzene rings is 2. The predicted molar refractivity (Wildman–Crippen MR) is 114 cm³/mol. The van der Waals surface area contributed by atoms with Crippen LogP contribution in [0.1, 0.15) is 18.5 Å². The third-order valence-corrected chi connectivity index (χ3v) is 5.22. The molecule has 0 aliphatic carbocycles. The van der Waals surface area contributed by atoms with Gasteiger partial charge in [0, 0.05) is 11.3 Å². The van der Waals surface area contributed by atoms with Crippen LogP contribution in [0.5, 0.6) is 11.5 Å². The number of allylic oxidation sites excluding steroid dienone is 1. The molecule has 0 bridgehead atoms. The van der Waals surface area contributed by atoms with E-state index in [1.165, 1.54) is 6.33 Å². The van der Waals surface area contributed by atoms with Gasteiger partial charge >= 0.3 is 0 Å². The molecule has 1 atom stereocenters. The number of anilines is 2. The fourth-order valence-corrected chi connectivity index (χ4v) is 3.74. The van der Waals surface area contributed by atoms with Gasteiger partial charge in [0.25, 0.3) is 5.91 Å². The van der Waals surface area contributed by atoms with Gasteiger partial charge < -0.3 is 20.1 Å². The average Bonchev–Trinajstić information content (AvgIpc) is 3.21. The Kier molecular flexibility index (Phi) is 5.33. The maximum Gasteiger partial charge on any atom is 0.255 e. The summed E-state index contributed by atoms with van der Waals surface area (Å²) in [6.45, 7) is 1.82. The van der Waals surface area contributed by atoms with Crippen molar-refractivity contribution in [2.45, 2.75) is 13.0 Å². The number of hydrogen-bond acceptors (Lipinski definition) is 6. The Morgan fingerprint density at radius 1 is 1.17 bits per heavy atom. The fourth-order valence-electron chi connectivity index (χ4n) is 3.55. The summed E-state index contributed by atoms with van der Waals surface area (Å²) >= 11 is 6.24. The summed E-state index contributed by atoms with van der Waals surface area (Å²) in [5.74, 6) is 1.28. The molecule has 3 aromatic rings. The first-order valence-corrected chi connectivity index (χ1v) is 9.57. The Bertz CT molecular complexity index is 1140. The molecule has 154 valence electrons. The molecule has 2 aromatic carbocycles. The molecule has 0 radical (unpaired) electrons. The number of amides is 1.